The molecular formula is C14H15NO3. The average Bonchev–Trinajstić information content (AvgIpc) is 2.49. The molecule has 4 heteroatoms. The molecule has 18 heavy (non-hydrogen) atoms. The molecule has 2 aliphatic heterocycles. The molecule has 1 N–H and O–H groups in total. The third-order valence-electron chi connectivity index (χ3n) is 4.10. The normalized spacial score (nSPS) is 30.4. The van der Waals surface area contributed by atoms with Gasteiger partial charge < -0.3 is 5.11 Å². The fourth-order valence-electron chi connectivity index (χ4n) is 3.05. The van der Waals surface area contributed by atoms with Gasteiger partial charge in [-0.3, -0.25) is 14.5 Å². The molecule has 2 bridgehead atoms. The van der Waals surface area contributed by atoms with Crippen LogP contribution in [0.4, 0.5) is 0 Å². The lowest BCUT2D eigenvalue weighted by molar-refractivity contribution is -0.158. The van der Waals surface area contributed by atoms with Gasteiger partial charge in [0.05, 0.1) is 0 Å². The first-order valence-corrected chi connectivity index (χ1v) is 6.18. The summed E-state index contributed by atoms with van der Waals surface area (Å²) in [7, 11) is 0. The second-order valence-corrected chi connectivity index (χ2v) is 5.22. The first-order valence-electron chi connectivity index (χ1n) is 6.18. The van der Waals surface area contributed by atoms with E-state index in [-0.39, 0.29) is 5.78 Å². The summed E-state index contributed by atoms with van der Waals surface area (Å²) in [6.45, 7) is 1.76. The van der Waals surface area contributed by atoms with Crippen molar-refractivity contribution in [2.24, 2.45) is 5.41 Å². The van der Waals surface area contributed by atoms with E-state index in [0.29, 0.717) is 25.9 Å². The van der Waals surface area contributed by atoms with Crippen molar-refractivity contribution in [1.82, 2.24) is 4.90 Å². The molecule has 0 amide bonds. The highest BCUT2D eigenvalue weighted by Gasteiger charge is 2.50. The Kier molecular flexibility index (Phi) is 2.48. The van der Waals surface area contributed by atoms with Crippen molar-refractivity contribution in [2.45, 2.75) is 19.4 Å². The van der Waals surface area contributed by atoms with Crippen LogP contribution >= 0.6 is 0 Å². The quantitative estimate of drug-likeness (QED) is 0.752. The molecule has 2 heterocycles. The molecule has 0 aliphatic carbocycles. The van der Waals surface area contributed by atoms with E-state index in [0.717, 1.165) is 17.7 Å². The minimum absolute atomic E-state index is 0.122. The molecule has 0 radical (unpaired) electrons. The van der Waals surface area contributed by atoms with Crippen LogP contribution in [0.1, 0.15) is 17.5 Å². The molecule has 94 valence electrons. The highest BCUT2D eigenvalue weighted by atomic mass is 16.4. The minimum atomic E-state index is -1.23. The van der Waals surface area contributed by atoms with Crippen LogP contribution in [0.15, 0.2) is 24.3 Å². The summed E-state index contributed by atoms with van der Waals surface area (Å²) in [5.74, 6) is -1.10. The summed E-state index contributed by atoms with van der Waals surface area (Å²) in [5, 5.41) is 9.51. The Labute approximate surface area is 105 Å². The Bertz CT molecular complexity index is 526. The molecule has 2 unspecified atom stereocenters. The summed E-state index contributed by atoms with van der Waals surface area (Å²) < 4.78 is 0. The smallest absolute Gasteiger partial charge is 0.318 e. The maximum absolute atomic E-state index is 12.1. The van der Waals surface area contributed by atoms with Gasteiger partial charge in [-0.2, -0.15) is 0 Å². The van der Waals surface area contributed by atoms with Gasteiger partial charge in [-0.1, -0.05) is 24.3 Å². The van der Waals surface area contributed by atoms with Gasteiger partial charge in [0.2, 0.25) is 0 Å². The lowest BCUT2D eigenvalue weighted by Crippen LogP contribution is -2.53. The maximum atomic E-state index is 12.1. The molecule has 1 saturated heterocycles. The van der Waals surface area contributed by atoms with Gasteiger partial charge in [0.15, 0.2) is 5.78 Å². The van der Waals surface area contributed by atoms with E-state index in [1.54, 1.807) is 0 Å². The van der Waals surface area contributed by atoms with Crippen molar-refractivity contribution in [3.05, 3.63) is 35.4 Å². The van der Waals surface area contributed by atoms with Crippen molar-refractivity contribution >= 4 is 11.8 Å². The number of carboxylic acid groups (broad SMARTS) is 1. The molecule has 4 nitrogen and oxygen atoms in total. The summed E-state index contributed by atoms with van der Waals surface area (Å²) in [4.78, 5) is 25.8. The van der Waals surface area contributed by atoms with E-state index < -0.39 is 11.4 Å². The number of carbonyl (C=O) groups is 2. The molecule has 1 fully saturated rings. The Balaban J connectivity index is 2.12. The predicted octanol–water partition coefficient (Wildman–Crippen LogP) is 1.09. The van der Waals surface area contributed by atoms with Gasteiger partial charge in [0.1, 0.15) is 5.41 Å². The number of hydrogen-bond acceptors (Lipinski definition) is 3. The van der Waals surface area contributed by atoms with E-state index in [2.05, 4.69) is 4.90 Å². The van der Waals surface area contributed by atoms with Crippen molar-refractivity contribution in [1.29, 1.82) is 0 Å². The number of Topliss-reactive ketones (excluding diaryl/α,β-unsaturated/α-hetero) is 1. The number of benzene rings is 1. The van der Waals surface area contributed by atoms with Crippen LogP contribution in [0.5, 0.6) is 0 Å². The van der Waals surface area contributed by atoms with Crippen LogP contribution in [0.3, 0.4) is 0 Å². The predicted molar refractivity (Wildman–Crippen MR) is 65.1 cm³/mol. The topological polar surface area (TPSA) is 57.6 Å². The zero-order valence-electron chi connectivity index (χ0n) is 10.1. The summed E-state index contributed by atoms with van der Waals surface area (Å²) in [6, 6.07) is 7.83. The molecule has 2 aliphatic rings. The van der Waals surface area contributed by atoms with Crippen molar-refractivity contribution in [2.75, 3.05) is 13.1 Å². The Morgan fingerprint density at radius 2 is 2.00 bits per heavy atom. The van der Waals surface area contributed by atoms with Gasteiger partial charge >= 0.3 is 5.97 Å². The third-order valence-corrected chi connectivity index (χ3v) is 4.10. The Hall–Kier alpha value is -1.68. The lowest BCUT2D eigenvalue weighted by Gasteiger charge is -2.36. The second-order valence-electron chi connectivity index (χ2n) is 5.22. The van der Waals surface area contributed by atoms with Crippen molar-refractivity contribution in [3.63, 3.8) is 0 Å². The number of carboxylic acids is 1. The number of nitrogens with zero attached hydrogens (tertiary/aromatic N) is 1. The van der Waals surface area contributed by atoms with Crippen LogP contribution in [-0.2, 0) is 22.6 Å². The van der Waals surface area contributed by atoms with E-state index in [4.69, 9.17) is 0 Å². The molecule has 0 spiro atoms. The number of piperidine rings is 1. The van der Waals surface area contributed by atoms with Crippen LogP contribution in [0.25, 0.3) is 0 Å². The molecular weight excluding hydrogens is 230 g/mol. The first kappa shape index (κ1) is 11.4. The number of aliphatic carboxylic acids is 1. The van der Waals surface area contributed by atoms with Crippen LogP contribution in [0.2, 0.25) is 0 Å². The van der Waals surface area contributed by atoms with Gasteiger partial charge in [-0.15, -0.1) is 0 Å². The second kappa shape index (κ2) is 3.92. The van der Waals surface area contributed by atoms with Crippen LogP contribution in [0, 0.1) is 5.41 Å². The van der Waals surface area contributed by atoms with Gasteiger partial charge in [0, 0.05) is 26.1 Å². The fraction of sp³-hybridized carbons (Fsp3) is 0.429. The van der Waals surface area contributed by atoms with Gasteiger partial charge in [-0.05, 0) is 17.5 Å². The SMILES string of the molecule is O=C(O)C12Cc3ccccc3CN(CCC1=O)C2. The molecule has 0 aromatic heterocycles. The molecule has 0 saturated carbocycles. The highest BCUT2D eigenvalue weighted by molar-refractivity contribution is 6.04. The van der Waals surface area contributed by atoms with Crippen molar-refractivity contribution in [3.8, 4) is 0 Å². The van der Waals surface area contributed by atoms with Gasteiger partial charge in [0.25, 0.3) is 0 Å². The molecule has 2 atom stereocenters. The number of hydrogen-bond donors (Lipinski definition) is 1. The van der Waals surface area contributed by atoms with E-state index >= 15 is 0 Å². The molecule has 3 rings (SSSR count). The first-order chi connectivity index (χ1) is 8.62. The third kappa shape index (κ3) is 1.56. The summed E-state index contributed by atoms with van der Waals surface area (Å²) in [6.07, 6.45) is 0.675. The molecule has 1 aromatic carbocycles. The van der Waals surface area contributed by atoms with Crippen LogP contribution in [-0.4, -0.2) is 34.8 Å². The maximum Gasteiger partial charge on any atom is 0.318 e. The Morgan fingerprint density at radius 3 is 2.72 bits per heavy atom. The van der Waals surface area contributed by atoms with E-state index in [9.17, 15) is 14.7 Å². The minimum Gasteiger partial charge on any atom is -0.480 e. The number of fused-ring (bicyclic) bond motifs is 3. The highest BCUT2D eigenvalue weighted by Crippen LogP contribution is 2.36. The van der Waals surface area contributed by atoms with Crippen molar-refractivity contribution < 1.29 is 14.7 Å². The lowest BCUT2D eigenvalue weighted by atomic mass is 9.75. The number of ketones is 1. The van der Waals surface area contributed by atoms with E-state index in [1.807, 2.05) is 24.3 Å². The zero-order chi connectivity index (χ0) is 12.8. The number of carbonyl (C=O) groups excluding carboxylic acids is 1. The van der Waals surface area contributed by atoms with Crippen LogP contribution < -0.4 is 0 Å². The summed E-state index contributed by atoms with van der Waals surface area (Å²) in [5.41, 5.74) is 0.915. The monoisotopic (exact) mass is 245 g/mol. The summed E-state index contributed by atoms with van der Waals surface area (Å²) >= 11 is 0. The number of rotatable bonds is 1. The molecule has 1 aromatic rings. The standard InChI is InChI=1S/C14H15NO3/c16-12-5-6-15-8-11-4-2-1-3-10(11)7-14(12,9-15)13(17)18/h1-4H,5-9H2,(H,17,18). The van der Waals surface area contributed by atoms with Gasteiger partial charge in [-0.25, -0.2) is 0 Å². The zero-order valence-corrected chi connectivity index (χ0v) is 10.1. The van der Waals surface area contributed by atoms with E-state index in [1.165, 1.54) is 0 Å². The largest absolute Gasteiger partial charge is 0.480 e. The Morgan fingerprint density at radius 1 is 1.28 bits per heavy atom. The fourth-order valence-corrected chi connectivity index (χ4v) is 3.05. The average molecular weight is 245 g/mol.